The Morgan fingerprint density at radius 3 is 2.94 bits per heavy atom. The molecule has 1 aliphatic rings. The van der Waals surface area contributed by atoms with Gasteiger partial charge in [0.25, 0.3) is 0 Å². The summed E-state index contributed by atoms with van der Waals surface area (Å²) in [6.07, 6.45) is 2.31. The van der Waals surface area contributed by atoms with Gasteiger partial charge in [-0.05, 0) is 44.0 Å². The van der Waals surface area contributed by atoms with Crippen molar-refractivity contribution in [2.45, 2.75) is 31.8 Å². The second-order valence-electron chi connectivity index (χ2n) is 4.84. The van der Waals surface area contributed by atoms with Crippen LogP contribution in [0.5, 0.6) is 5.75 Å². The zero-order chi connectivity index (χ0) is 13.1. The molecule has 2 atom stereocenters. The van der Waals surface area contributed by atoms with Crippen molar-refractivity contribution in [3.8, 4) is 5.75 Å². The molecule has 0 aromatic heterocycles. The number of hydrogen-bond donors (Lipinski definition) is 1. The van der Waals surface area contributed by atoms with Gasteiger partial charge in [0.1, 0.15) is 0 Å². The Labute approximate surface area is 108 Å². The van der Waals surface area contributed by atoms with Crippen LogP contribution >= 0.6 is 0 Å². The topological polar surface area (TPSA) is 38.5 Å². The van der Waals surface area contributed by atoms with Crippen LogP contribution in [-0.2, 0) is 0 Å². The van der Waals surface area contributed by atoms with Gasteiger partial charge in [0.2, 0.25) is 0 Å². The summed E-state index contributed by atoms with van der Waals surface area (Å²) in [5.41, 5.74) is 6.76. The first-order valence-electron chi connectivity index (χ1n) is 6.46. The first kappa shape index (κ1) is 13.3. The van der Waals surface area contributed by atoms with Gasteiger partial charge in [-0.3, -0.25) is 4.90 Å². The van der Waals surface area contributed by atoms with Crippen LogP contribution in [0, 0.1) is 5.82 Å². The molecule has 1 saturated heterocycles. The molecule has 0 aliphatic carbocycles. The zero-order valence-corrected chi connectivity index (χ0v) is 11.0. The molecule has 100 valence electrons. The van der Waals surface area contributed by atoms with Gasteiger partial charge in [0.15, 0.2) is 11.6 Å². The Hall–Kier alpha value is -1.13. The quantitative estimate of drug-likeness (QED) is 0.893. The molecule has 0 radical (unpaired) electrons. The summed E-state index contributed by atoms with van der Waals surface area (Å²) < 4.78 is 18.6. The van der Waals surface area contributed by atoms with Crippen molar-refractivity contribution in [1.82, 2.24) is 4.90 Å². The average Bonchev–Trinajstić information content (AvgIpc) is 2.86. The fourth-order valence-corrected chi connectivity index (χ4v) is 2.75. The molecule has 0 saturated carbocycles. The van der Waals surface area contributed by atoms with Gasteiger partial charge in [-0.15, -0.1) is 0 Å². The predicted molar refractivity (Wildman–Crippen MR) is 70.1 cm³/mol. The van der Waals surface area contributed by atoms with E-state index in [1.807, 2.05) is 6.07 Å². The third-order valence-corrected chi connectivity index (χ3v) is 3.85. The molecule has 0 amide bonds. The van der Waals surface area contributed by atoms with Gasteiger partial charge >= 0.3 is 0 Å². The minimum Gasteiger partial charge on any atom is -0.494 e. The highest BCUT2D eigenvalue weighted by molar-refractivity contribution is 5.31. The molecule has 1 fully saturated rings. The number of ether oxygens (including phenoxy) is 1. The Bertz CT molecular complexity index is 411. The van der Waals surface area contributed by atoms with E-state index in [4.69, 9.17) is 10.5 Å². The molecule has 1 heterocycles. The highest BCUT2D eigenvalue weighted by Gasteiger charge is 2.28. The van der Waals surface area contributed by atoms with Crippen LogP contribution in [0.4, 0.5) is 4.39 Å². The Morgan fingerprint density at radius 1 is 1.56 bits per heavy atom. The lowest BCUT2D eigenvalue weighted by molar-refractivity contribution is 0.196. The van der Waals surface area contributed by atoms with Crippen LogP contribution < -0.4 is 10.5 Å². The van der Waals surface area contributed by atoms with E-state index in [9.17, 15) is 4.39 Å². The molecule has 2 N–H and O–H groups in total. The number of benzene rings is 1. The molecule has 1 aliphatic heterocycles. The maximum absolute atomic E-state index is 13.7. The van der Waals surface area contributed by atoms with Crippen LogP contribution in [0.2, 0.25) is 0 Å². The summed E-state index contributed by atoms with van der Waals surface area (Å²) in [5, 5.41) is 0. The minimum absolute atomic E-state index is 0.196. The normalized spacial score (nSPS) is 22.1. The summed E-state index contributed by atoms with van der Waals surface area (Å²) in [5.74, 6) is -0.00640. The number of rotatable bonds is 4. The van der Waals surface area contributed by atoms with E-state index < -0.39 is 0 Å². The highest BCUT2D eigenvalue weighted by Crippen LogP contribution is 2.30. The van der Waals surface area contributed by atoms with Crippen LogP contribution in [0.15, 0.2) is 18.2 Å². The van der Waals surface area contributed by atoms with Gasteiger partial charge in [-0.25, -0.2) is 4.39 Å². The van der Waals surface area contributed by atoms with Crippen molar-refractivity contribution >= 4 is 0 Å². The maximum Gasteiger partial charge on any atom is 0.165 e. The van der Waals surface area contributed by atoms with Crippen LogP contribution in [0.25, 0.3) is 0 Å². The fourth-order valence-electron chi connectivity index (χ4n) is 2.75. The third kappa shape index (κ3) is 2.49. The van der Waals surface area contributed by atoms with Crippen molar-refractivity contribution in [1.29, 1.82) is 0 Å². The van der Waals surface area contributed by atoms with Crippen molar-refractivity contribution in [3.63, 3.8) is 0 Å². The molecule has 2 rings (SSSR count). The summed E-state index contributed by atoms with van der Waals surface area (Å²) >= 11 is 0. The molecular formula is C14H21FN2O. The summed E-state index contributed by atoms with van der Waals surface area (Å²) in [6, 6.07) is 5.80. The highest BCUT2D eigenvalue weighted by atomic mass is 19.1. The third-order valence-electron chi connectivity index (χ3n) is 3.85. The van der Waals surface area contributed by atoms with Gasteiger partial charge in [0.05, 0.1) is 7.11 Å². The maximum atomic E-state index is 13.7. The number of likely N-dealkylation sites (tertiary alicyclic amines) is 1. The standard InChI is InChI=1S/C14H21FN2O/c1-10(17-7-3-4-12(17)9-16)11-5-6-14(18-2)13(15)8-11/h5-6,8,10,12H,3-4,7,9,16H2,1-2H3. The van der Waals surface area contributed by atoms with E-state index in [1.54, 1.807) is 12.1 Å². The summed E-state index contributed by atoms with van der Waals surface area (Å²) in [4.78, 5) is 2.36. The van der Waals surface area contributed by atoms with E-state index in [-0.39, 0.29) is 11.9 Å². The predicted octanol–water partition coefficient (Wildman–Crippen LogP) is 2.32. The van der Waals surface area contributed by atoms with E-state index in [2.05, 4.69) is 11.8 Å². The molecule has 0 spiro atoms. The van der Waals surface area contributed by atoms with Crippen molar-refractivity contribution in [2.24, 2.45) is 5.73 Å². The monoisotopic (exact) mass is 252 g/mol. The second-order valence-corrected chi connectivity index (χ2v) is 4.84. The van der Waals surface area contributed by atoms with Gasteiger partial charge in [0, 0.05) is 18.6 Å². The van der Waals surface area contributed by atoms with E-state index in [0.717, 1.165) is 18.5 Å². The smallest absolute Gasteiger partial charge is 0.165 e. The fraction of sp³-hybridized carbons (Fsp3) is 0.571. The molecule has 3 nitrogen and oxygen atoms in total. The minimum atomic E-state index is -0.301. The van der Waals surface area contributed by atoms with Gasteiger partial charge in [-0.2, -0.15) is 0 Å². The first-order chi connectivity index (χ1) is 8.67. The van der Waals surface area contributed by atoms with Crippen LogP contribution in [0.1, 0.15) is 31.4 Å². The second kappa shape index (κ2) is 5.67. The first-order valence-corrected chi connectivity index (χ1v) is 6.46. The van der Waals surface area contributed by atoms with Crippen molar-refractivity contribution < 1.29 is 9.13 Å². The SMILES string of the molecule is COc1ccc(C(C)N2CCCC2CN)cc1F. The molecular weight excluding hydrogens is 231 g/mol. The van der Waals surface area contributed by atoms with Crippen molar-refractivity contribution in [3.05, 3.63) is 29.6 Å². The average molecular weight is 252 g/mol. The lowest BCUT2D eigenvalue weighted by atomic mass is 10.1. The molecule has 1 aromatic carbocycles. The lowest BCUT2D eigenvalue weighted by Gasteiger charge is -2.30. The summed E-state index contributed by atoms with van der Waals surface area (Å²) in [6.45, 7) is 3.81. The summed E-state index contributed by atoms with van der Waals surface area (Å²) in [7, 11) is 1.48. The number of halogens is 1. The molecule has 1 aromatic rings. The largest absolute Gasteiger partial charge is 0.494 e. The number of hydrogen-bond acceptors (Lipinski definition) is 3. The molecule has 18 heavy (non-hydrogen) atoms. The van der Waals surface area contributed by atoms with E-state index >= 15 is 0 Å². The number of nitrogens with two attached hydrogens (primary N) is 1. The lowest BCUT2D eigenvalue weighted by Crippen LogP contribution is -2.37. The Balaban J connectivity index is 2.18. The van der Waals surface area contributed by atoms with Gasteiger partial charge < -0.3 is 10.5 Å². The zero-order valence-electron chi connectivity index (χ0n) is 11.0. The van der Waals surface area contributed by atoms with Crippen molar-refractivity contribution in [2.75, 3.05) is 20.2 Å². The number of methoxy groups -OCH3 is 1. The molecule has 2 unspecified atom stereocenters. The van der Waals surface area contributed by atoms with Crippen LogP contribution in [0.3, 0.4) is 0 Å². The molecule has 4 heteroatoms. The Kier molecular flexibility index (Phi) is 4.19. The molecule has 0 bridgehead atoms. The van der Waals surface area contributed by atoms with Gasteiger partial charge in [-0.1, -0.05) is 6.07 Å². The van der Waals surface area contributed by atoms with E-state index in [1.165, 1.54) is 13.5 Å². The van der Waals surface area contributed by atoms with E-state index in [0.29, 0.717) is 18.3 Å². The Morgan fingerprint density at radius 2 is 2.33 bits per heavy atom. The van der Waals surface area contributed by atoms with Crippen LogP contribution in [-0.4, -0.2) is 31.1 Å². The number of nitrogens with zero attached hydrogens (tertiary/aromatic N) is 1.